The number of benzene rings is 3. The zero-order valence-corrected chi connectivity index (χ0v) is 25.2. The van der Waals surface area contributed by atoms with Crippen molar-refractivity contribution in [1.82, 2.24) is 14.5 Å². The Kier molecular flexibility index (Phi) is 8.84. The predicted octanol–water partition coefficient (Wildman–Crippen LogP) is 5.61. The fraction of sp³-hybridized carbons (Fsp3) is 0.226. The molecule has 5 rings (SSSR count). The summed E-state index contributed by atoms with van der Waals surface area (Å²) in [5, 5.41) is 0.122. The predicted molar refractivity (Wildman–Crippen MR) is 162 cm³/mol. The van der Waals surface area contributed by atoms with Crippen LogP contribution in [0.4, 0.5) is 0 Å². The van der Waals surface area contributed by atoms with E-state index in [1.54, 1.807) is 36.1 Å². The van der Waals surface area contributed by atoms with Crippen LogP contribution in [-0.2, 0) is 44.6 Å². The van der Waals surface area contributed by atoms with E-state index in [2.05, 4.69) is 4.98 Å². The highest BCUT2D eigenvalue weighted by atomic mass is 32.2. The van der Waals surface area contributed by atoms with Crippen LogP contribution in [0.5, 0.6) is 5.75 Å². The Hall–Kier alpha value is -3.50. The number of rotatable bonds is 11. The van der Waals surface area contributed by atoms with Gasteiger partial charge in [0.2, 0.25) is 0 Å². The van der Waals surface area contributed by atoms with Gasteiger partial charge in [-0.2, -0.15) is 4.98 Å². The Labute approximate surface area is 247 Å². The van der Waals surface area contributed by atoms with E-state index >= 15 is 0 Å². The molecule has 2 heterocycles. The minimum absolute atomic E-state index is 0.00839. The van der Waals surface area contributed by atoms with Crippen LogP contribution in [0, 0.1) is 13.8 Å². The molecule has 2 aromatic heterocycles. The topological polar surface area (TPSA) is 130 Å². The highest BCUT2D eigenvalue weighted by molar-refractivity contribution is 7.90. The summed E-state index contributed by atoms with van der Waals surface area (Å²) in [6, 6.07) is 25.8. The van der Waals surface area contributed by atoms with Gasteiger partial charge in [0.25, 0.3) is 0 Å². The summed E-state index contributed by atoms with van der Waals surface area (Å²) in [6.45, 7) is 3.75. The highest BCUT2D eigenvalue weighted by Crippen LogP contribution is 2.48. The van der Waals surface area contributed by atoms with Crippen LogP contribution < -0.4 is 4.74 Å². The zero-order valence-electron chi connectivity index (χ0n) is 23.5. The maximum absolute atomic E-state index is 14.3. The van der Waals surface area contributed by atoms with Crippen LogP contribution in [0.25, 0.3) is 11.0 Å². The maximum Gasteiger partial charge on any atom is 0.471 e. The van der Waals surface area contributed by atoms with Crippen molar-refractivity contribution < 1.29 is 28.2 Å². The molecule has 0 aliphatic heterocycles. The van der Waals surface area contributed by atoms with Crippen molar-refractivity contribution in [3.63, 3.8) is 0 Å². The lowest BCUT2D eigenvalue weighted by molar-refractivity contribution is -0.0370. The molecule has 2 N–H and O–H groups in total. The van der Waals surface area contributed by atoms with Gasteiger partial charge in [-0.1, -0.05) is 72.8 Å². The zero-order chi connectivity index (χ0) is 29.9. The monoisotopic (exact) mass is 605 g/mol. The molecule has 42 heavy (non-hydrogen) atoms. The normalized spacial score (nSPS) is 12.9. The number of fused-ring (bicyclic) bond motifs is 1. The van der Waals surface area contributed by atoms with Crippen molar-refractivity contribution in [3.05, 3.63) is 119 Å². The second-order valence-electron chi connectivity index (χ2n) is 10.1. The molecule has 0 aliphatic rings. The summed E-state index contributed by atoms with van der Waals surface area (Å²) in [4.78, 5) is 29.9. The number of pyridine rings is 1. The van der Waals surface area contributed by atoms with E-state index in [1.807, 2.05) is 80.6 Å². The average molecular weight is 606 g/mol. The van der Waals surface area contributed by atoms with Crippen LogP contribution >= 0.6 is 7.82 Å². The molecule has 1 atom stereocenters. The van der Waals surface area contributed by atoms with Gasteiger partial charge in [0.1, 0.15) is 5.75 Å². The van der Waals surface area contributed by atoms with Gasteiger partial charge >= 0.3 is 13.0 Å². The van der Waals surface area contributed by atoms with Crippen molar-refractivity contribution in [1.29, 1.82) is 0 Å². The van der Waals surface area contributed by atoms with E-state index in [1.165, 1.54) is 0 Å². The van der Waals surface area contributed by atoms with Gasteiger partial charge in [0, 0.05) is 41.3 Å². The lowest BCUT2D eigenvalue weighted by Crippen LogP contribution is -2.42. The molecule has 5 aromatic rings. The first kappa shape index (κ1) is 30.0. The van der Waals surface area contributed by atoms with Crippen molar-refractivity contribution in [3.8, 4) is 5.75 Å². The first-order valence-electron chi connectivity index (χ1n) is 13.3. The fourth-order valence-electron chi connectivity index (χ4n) is 5.33. The molecule has 0 fully saturated rings. The summed E-state index contributed by atoms with van der Waals surface area (Å²) in [7, 11) is -3.52. The molecular formula is C31H32N3O6PS. The van der Waals surface area contributed by atoms with Gasteiger partial charge in [0.05, 0.1) is 23.8 Å². The summed E-state index contributed by atoms with van der Waals surface area (Å²) >= 11 is -1.80. The molecule has 0 aliphatic carbocycles. The lowest BCUT2D eigenvalue weighted by Gasteiger charge is -2.36. The van der Waals surface area contributed by atoms with E-state index in [-0.39, 0.29) is 23.8 Å². The van der Waals surface area contributed by atoms with E-state index < -0.39 is 24.7 Å². The standard InChI is InChI=1S/C31H32N3O6PS/c1-22-20-32-27(23(2)29(22)39-3)21-42(38)30-33-26-16-10-11-17-28(26)34(30)31(40-41(35,36)37,18-24-12-6-4-7-13-24)19-25-14-8-5-9-15-25/h4-17,20H,18-19,21H2,1-3H3,(H2,35,36,37). The Bertz CT molecular complexity index is 1680. The maximum atomic E-state index is 14.3. The number of methoxy groups -OCH3 is 1. The SMILES string of the molecule is COc1c(C)cnc(C[S+]([O-])c2nc3ccccc3n2C(Cc2ccccc2)(Cc2ccccc2)OP(=O)(O)O)c1C. The number of nitrogens with zero attached hydrogens (tertiary/aromatic N) is 3. The summed E-state index contributed by atoms with van der Waals surface area (Å²) in [5.74, 6) is 0.673. The number of imidazole rings is 1. The molecule has 0 spiro atoms. The van der Waals surface area contributed by atoms with Crippen LogP contribution in [0.2, 0.25) is 0 Å². The molecule has 9 nitrogen and oxygen atoms in total. The van der Waals surface area contributed by atoms with Crippen molar-refractivity contribution in [2.24, 2.45) is 0 Å². The third-order valence-electron chi connectivity index (χ3n) is 7.09. The Morgan fingerprint density at radius 2 is 1.50 bits per heavy atom. The van der Waals surface area contributed by atoms with Crippen LogP contribution in [0.15, 0.2) is 96.3 Å². The number of hydrogen-bond donors (Lipinski definition) is 2. The minimum Gasteiger partial charge on any atom is -0.609 e. The van der Waals surface area contributed by atoms with E-state index in [0.717, 1.165) is 22.3 Å². The largest absolute Gasteiger partial charge is 0.609 e. The molecule has 0 amide bonds. The smallest absolute Gasteiger partial charge is 0.471 e. The van der Waals surface area contributed by atoms with Crippen LogP contribution in [0.3, 0.4) is 0 Å². The van der Waals surface area contributed by atoms with Crippen molar-refractivity contribution in [2.75, 3.05) is 7.11 Å². The highest BCUT2D eigenvalue weighted by Gasteiger charge is 2.45. The second kappa shape index (κ2) is 12.4. The average Bonchev–Trinajstić information content (AvgIpc) is 3.36. The van der Waals surface area contributed by atoms with Gasteiger partial charge in [0.15, 0.2) is 11.5 Å². The van der Waals surface area contributed by atoms with Crippen molar-refractivity contribution in [2.45, 2.75) is 43.3 Å². The van der Waals surface area contributed by atoms with E-state index in [0.29, 0.717) is 22.5 Å². The number of ether oxygens (including phenoxy) is 1. The quantitative estimate of drug-likeness (QED) is 0.147. The number of phosphoric ester groups is 1. The molecule has 0 bridgehead atoms. The minimum atomic E-state index is -5.10. The summed E-state index contributed by atoms with van der Waals surface area (Å²) in [6.07, 6.45) is 1.80. The fourth-order valence-corrected chi connectivity index (χ4v) is 7.32. The Morgan fingerprint density at radius 1 is 0.929 bits per heavy atom. The molecule has 0 radical (unpaired) electrons. The third-order valence-corrected chi connectivity index (χ3v) is 8.89. The van der Waals surface area contributed by atoms with E-state index in [9.17, 15) is 18.9 Å². The molecule has 3 aromatic carbocycles. The number of hydrogen-bond acceptors (Lipinski definition) is 6. The first-order chi connectivity index (χ1) is 20.1. The van der Waals surface area contributed by atoms with Gasteiger partial charge in [-0.05, 0) is 37.1 Å². The third kappa shape index (κ3) is 6.44. The second-order valence-corrected chi connectivity index (χ2v) is 12.6. The first-order valence-corrected chi connectivity index (χ1v) is 16.1. The molecule has 218 valence electrons. The molecule has 0 saturated heterocycles. The van der Waals surface area contributed by atoms with Gasteiger partial charge < -0.3 is 19.1 Å². The van der Waals surface area contributed by atoms with E-state index in [4.69, 9.17) is 14.2 Å². The lowest BCUT2D eigenvalue weighted by atomic mass is 9.94. The molecular weight excluding hydrogens is 573 g/mol. The van der Waals surface area contributed by atoms with Crippen molar-refractivity contribution >= 4 is 30.0 Å². The summed E-state index contributed by atoms with van der Waals surface area (Å²) in [5.41, 5.74) is 3.10. The molecule has 0 saturated carbocycles. The van der Waals surface area contributed by atoms with Gasteiger partial charge in [-0.25, -0.2) is 4.57 Å². The van der Waals surface area contributed by atoms with Crippen LogP contribution in [0.1, 0.15) is 27.9 Å². The number of phosphoric acid groups is 1. The Morgan fingerprint density at radius 3 is 2.07 bits per heavy atom. The van der Waals surface area contributed by atoms with Gasteiger partial charge in [-0.15, -0.1) is 0 Å². The number of aryl methyl sites for hydroxylation is 1. The Balaban J connectivity index is 1.74. The molecule has 1 unspecified atom stereocenters. The molecule has 11 heteroatoms. The van der Waals surface area contributed by atoms with Gasteiger partial charge in [-0.3, -0.25) is 14.1 Å². The number of aromatic nitrogens is 3. The summed E-state index contributed by atoms with van der Waals surface area (Å²) < 4.78 is 40.0. The number of para-hydroxylation sites is 2. The van der Waals surface area contributed by atoms with Crippen LogP contribution in [-0.4, -0.2) is 36.0 Å².